The highest BCUT2D eigenvalue weighted by atomic mass is 16.4. The van der Waals surface area contributed by atoms with Crippen LogP contribution in [0.15, 0.2) is 12.5 Å². The number of nitrogens with zero attached hydrogens (tertiary/aromatic N) is 3. The van der Waals surface area contributed by atoms with Gasteiger partial charge in [0.2, 0.25) is 0 Å². The lowest BCUT2D eigenvalue weighted by atomic mass is 9.91. The first-order valence-electron chi connectivity index (χ1n) is 3.29. The Labute approximate surface area is 67.5 Å². The van der Waals surface area contributed by atoms with Gasteiger partial charge in [-0.2, -0.15) is 0 Å². The van der Waals surface area contributed by atoms with Crippen LogP contribution in [-0.2, 0) is 0 Å². The van der Waals surface area contributed by atoms with Crippen LogP contribution >= 0.6 is 0 Å². The van der Waals surface area contributed by atoms with E-state index in [1.807, 2.05) is 0 Å². The van der Waals surface area contributed by atoms with E-state index in [-0.39, 0.29) is 5.72 Å². The van der Waals surface area contributed by atoms with Gasteiger partial charge in [0, 0.05) is 0 Å². The number of rotatable bonds is 1. The van der Waals surface area contributed by atoms with Crippen LogP contribution in [0.3, 0.4) is 0 Å². The number of hydrogen-bond donors (Lipinski definition) is 3. The Hall–Kier alpha value is -1.47. The summed E-state index contributed by atoms with van der Waals surface area (Å²) in [5, 5.41) is 17.5. The maximum atomic E-state index is 8.74. The molecular formula is C5H5BN4O2. The van der Waals surface area contributed by atoms with Gasteiger partial charge in [-0.3, -0.25) is 0 Å². The van der Waals surface area contributed by atoms with Crippen molar-refractivity contribution in [2.24, 2.45) is 0 Å². The molecule has 0 radical (unpaired) electrons. The third-order valence-corrected chi connectivity index (χ3v) is 1.42. The minimum atomic E-state index is -1.60. The van der Waals surface area contributed by atoms with E-state index in [1.165, 1.54) is 12.5 Å². The molecule has 0 saturated heterocycles. The molecule has 60 valence electrons. The molecule has 2 rings (SSSR count). The number of aromatic nitrogens is 4. The maximum absolute atomic E-state index is 8.74. The molecule has 0 amide bonds. The summed E-state index contributed by atoms with van der Waals surface area (Å²) >= 11 is 0. The van der Waals surface area contributed by atoms with Crippen LogP contribution in [0.4, 0.5) is 0 Å². The van der Waals surface area contributed by atoms with Gasteiger partial charge >= 0.3 is 7.12 Å². The summed E-state index contributed by atoms with van der Waals surface area (Å²) in [5.41, 5.74) is 1.08. The molecule has 0 aromatic carbocycles. The van der Waals surface area contributed by atoms with E-state index in [2.05, 4.69) is 19.9 Å². The van der Waals surface area contributed by atoms with Gasteiger partial charge in [-0.15, -0.1) is 0 Å². The smallest absolute Gasteiger partial charge is 0.421 e. The number of H-pyrrole nitrogens is 1. The molecule has 0 atom stereocenters. The second kappa shape index (κ2) is 2.54. The van der Waals surface area contributed by atoms with E-state index in [1.54, 1.807) is 0 Å². The molecule has 0 spiro atoms. The molecule has 7 heteroatoms. The number of aromatic amines is 1. The van der Waals surface area contributed by atoms with Crippen LogP contribution in [0, 0.1) is 0 Å². The highest BCUT2D eigenvalue weighted by molar-refractivity contribution is 6.56. The molecule has 0 aliphatic carbocycles. The van der Waals surface area contributed by atoms with Crippen molar-refractivity contribution >= 4 is 24.0 Å². The molecule has 3 N–H and O–H groups in total. The van der Waals surface area contributed by atoms with Gasteiger partial charge in [0.15, 0.2) is 5.65 Å². The Bertz CT molecular complexity index is 368. The fraction of sp³-hybridized carbons (Fsp3) is 0. The van der Waals surface area contributed by atoms with E-state index >= 15 is 0 Å². The third kappa shape index (κ3) is 1.04. The number of hydrogen-bond acceptors (Lipinski definition) is 5. The van der Waals surface area contributed by atoms with Gasteiger partial charge in [-0.05, 0) is 0 Å². The van der Waals surface area contributed by atoms with Crippen LogP contribution in [0.1, 0.15) is 0 Å². The molecule has 2 aromatic heterocycles. The summed E-state index contributed by atoms with van der Waals surface area (Å²) in [4.78, 5) is 14.0. The van der Waals surface area contributed by atoms with Crippen molar-refractivity contribution in [1.82, 2.24) is 19.9 Å². The zero-order chi connectivity index (χ0) is 8.55. The summed E-state index contributed by atoms with van der Waals surface area (Å²) in [6.45, 7) is 0. The minimum Gasteiger partial charge on any atom is -0.421 e. The van der Waals surface area contributed by atoms with Gasteiger partial charge in [0.25, 0.3) is 0 Å². The van der Waals surface area contributed by atoms with Gasteiger partial charge < -0.3 is 15.0 Å². The quantitative estimate of drug-likeness (QED) is 0.425. The lowest BCUT2D eigenvalue weighted by Gasteiger charge is -1.87. The van der Waals surface area contributed by atoms with E-state index in [4.69, 9.17) is 10.0 Å². The highest BCUT2D eigenvalue weighted by Crippen LogP contribution is 1.99. The molecule has 2 heterocycles. The molecule has 6 nitrogen and oxygen atoms in total. The molecule has 0 fully saturated rings. The molecule has 0 bridgehead atoms. The van der Waals surface area contributed by atoms with Crippen LogP contribution < -0.4 is 5.72 Å². The normalized spacial score (nSPS) is 10.5. The van der Waals surface area contributed by atoms with E-state index in [0.717, 1.165) is 0 Å². The first kappa shape index (κ1) is 7.20. The molecule has 12 heavy (non-hydrogen) atoms. The van der Waals surface area contributed by atoms with Gasteiger partial charge in [-0.25, -0.2) is 15.0 Å². The van der Waals surface area contributed by atoms with Crippen molar-refractivity contribution in [3.8, 4) is 0 Å². The van der Waals surface area contributed by atoms with Crippen LogP contribution in [0.25, 0.3) is 11.2 Å². The monoisotopic (exact) mass is 164 g/mol. The first-order chi connectivity index (χ1) is 5.77. The second-order valence-corrected chi connectivity index (χ2v) is 2.26. The average Bonchev–Trinajstić information content (AvgIpc) is 2.46. The van der Waals surface area contributed by atoms with Crippen LogP contribution in [0.5, 0.6) is 0 Å². The maximum Gasteiger partial charge on any atom is 0.526 e. The van der Waals surface area contributed by atoms with Gasteiger partial charge in [-0.1, -0.05) is 0 Å². The number of imidazole rings is 1. The molecule has 2 aromatic rings. The van der Waals surface area contributed by atoms with Crippen molar-refractivity contribution in [2.45, 2.75) is 0 Å². The van der Waals surface area contributed by atoms with Gasteiger partial charge in [0.05, 0.1) is 6.20 Å². The highest BCUT2D eigenvalue weighted by Gasteiger charge is 2.16. The predicted molar refractivity (Wildman–Crippen MR) is 41.5 cm³/mol. The van der Waals surface area contributed by atoms with Crippen molar-refractivity contribution in [3.63, 3.8) is 0 Å². The molecule has 0 aliphatic heterocycles. The average molecular weight is 164 g/mol. The SMILES string of the molecule is OB(O)c1nc2ncncc2[nH]1. The fourth-order valence-corrected chi connectivity index (χ4v) is 0.903. The van der Waals surface area contributed by atoms with E-state index < -0.39 is 7.12 Å². The second-order valence-electron chi connectivity index (χ2n) is 2.26. The van der Waals surface area contributed by atoms with Crippen molar-refractivity contribution in [3.05, 3.63) is 12.5 Å². The van der Waals surface area contributed by atoms with Crippen molar-refractivity contribution < 1.29 is 10.0 Å². The summed E-state index contributed by atoms with van der Waals surface area (Å²) in [5.74, 6) is 0. The van der Waals surface area contributed by atoms with E-state index in [0.29, 0.717) is 11.2 Å². The summed E-state index contributed by atoms with van der Waals surface area (Å²) in [7, 11) is -1.60. The Morgan fingerprint density at radius 3 is 2.92 bits per heavy atom. The van der Waals surface area contributed by atoms with Crippen molar-refractivity contribution in [2.75, 3.05) is 0 Å². The summed E-state index contributed by atoms with van der Waals surface area (Å²) in [6, 6.07) is 0. The van der Waals surface area contributed by atoms with E-state index in [9.17, 15) is 0 Å². The number of fused-ring (bicyclic) bond motifs is 1. The zero-order valence-corrected chi connectivity index (χ0v) is 5.97. The van der Waals surface area contributed by atoms with Gasteiger partial charge in [0.1, 0.15) is 17.6 Å². The summed E-state index contributed by atoms with van der Waals surface area (Å²) in [6.07, 6.45) is 2.86. The topological polar surface area (TPSA) is 94.9 Å². The molecule has 0 unspecified atom stereocenters. The zero-order valence-electron chi connectivity index (χ0n) is 5.97. The Kier molecular flexibility index (Phi) is 1.52. The molecular weight excluding hydrogens is 159 g/mol. The fourth-order valence-electron chi connectivity index (χ4n) is 0.903. The first-order valence-corrected chi connectivity index (χ1v) is 3.29. The minimum absolute atomic E-state index is 0.0745. The van der Waals surface area contributed by atoms with Crippen LogP contribution in [-0.4, -0.2) is 37.1 Å². The Morgan fingerprint density at radius 2 is 2.25 bits per heavy atom. The molecule has 0 saturated carbocycles. The van der Waals surface area contributed by atoms with Crippen LogP contribution in [0.2, 0.25) is 0 Å². The third-order valence-electron chi connectivity index (χ3n) is 1.42. The molecule has 0 aliphatic rings. The Balaban J connectivity index is 2.62. The lowest BCUT2D eigenvalue weighted by Crippen LogP contribution is -2.33. The summed E-state index contributed by atoms with van der Waals surface area (Å²) < 4.78 is 0. The standard InChI is InChI=1S/C5H5BN4O2/c11-6(12)5-9-3-1-7-2-8-4(3)10-5/h1-2,11-12H,(H,7,8,9,10). The van der Waals surface area contributed by atoms with Crippen molar-refractivity contribution in [1.29, 1.82) is 0 Å². The predicted octanol–water partition coefficient (Wildman–Crippen LogP) is -1.97. The lowest BCUT2D eigenvalue weighted by molar-refractivity contribution is 0.423. The Morgan fingerprint density at radius 1 is 1.42 bits per heavy atom. The number of nitrogens with one attached hydrogen (secondary N) is 1. The largest absolute Gasteiger partial charge is 0.526 e.